The highest BCUT2D eigenvalue weighted by Crippen LogP contribution is 2.39. The average molecular weight is 330 g/mol. The Kier molecular flexibility index (Phi) is 5.90. The number of carbonyl (C=O) groups is 1. The van der Waals surface area contributed by atoms with Crippen molar-refractivity contribution >= 4 is 11.6 Å². The van der Waals surface area contributed by atoms with E-state index in [2.05, 4.69) is 10.6 Å². The fraction of sp³-hybridized carbons (Fsp3) is 0.421. The number of amides is 1. The second-order valence-electron chi connectivity index (χ2n) is 5.71. The third-order valence-electron chi connectivity index (χ3n) is 3.80. The molecule has 1 amide bonds. The molecule has 0 aromatic heterocycles. The first-order valence-corrected chi connectivity index (χ1v) is 8.29. The summed E-state index contributed by atoms with van der Waals surface area (Å²) in [5.74, 6) is 1.58. The molecule has 0 spiro atoms. The minimum Gasteiger partial charge on any atom is -0.495 e. The van der Waals surface area contributed by atoms with Crippen molar-refractivity contribution in [1.29, 1.82) is 0 Å². The van der Waals surface area contributed by atoms with E-state index in [1.165, 1.54) is 6.92 Å². The number of dihydropyridines is 1. The Bertz CT molecular complexity index is 632. The van der Waals surface area contributed by atoms with E-state index in [-0.39, 0.29) is 11.8 Å². The Morgan fingerprint density at radius 3 is 1.96 bits per heavy atom. The third kappa shape index (κ3) is 3.91. The first-order chi connectivity index (χ1) is 11.5. The quantitative estimate of drug-likeness (QED) is 0.831. The largest absolute Gasteiger partial charge is 0.495 e. The van der Waals surface area contributed by atoms with Crippen molar-refractivity contribution in [3.63, 3.8) is 0 Å². The van der Waals surface area contributed by atoms with Gasteiger partial charge in [-0.25, -0.2) is 0 Å². The maximum atomic E-state index is 11.2. The number of carbonyl (C=O) groups excluding carboxylic acids is 1. The van der Waals surface area contributed by atoms with Crippen LogP contribution in [-0.4, -0.2) is 19.1 Å². The molecule has 0 saturated carbocycles. The van der Waals surface area contributed by atoms with Gasteiger partial charge in [-0.3, -0.25) is 4.79 Å². The molecule has 2 N–H and O–H groups in total. The van der Waals surface area contributed by atoms with Gasteiger partial charge in [0.2, 0.25) is 5.91 Å². The smallest absolute Gasteiger partial charge is 0.221 e. The van der Waals surface area contributed by atoms with E-state index in [0.29, 0.717) is 13.2 Å². The van der Waals surface area contributed by atoms with Crippen molar-refractivity contribution in [1.82, 2.24) is 5.32 Å². The summed E-state index contributed by atoms with van der Waals surface area (Å²) in [7, 11) is 0. The minimum absolute atomic E-state index is 0.0823. The lowest BCUT2D eigenvalue weighted by Crippen LogP contribution is -2.27. The SMILES string of the molecule is CCOC1=C(C)NC(C)=C(OCC)C1c1ccc(NC(C)=O)cc1. The van der Waals surface area contributed by atoms with Crippen molar-refractivity contribution in [2.45, 2.75) is 40.5 Å². The van der Waals surface area contributed by atoms with Gasteiger partial charge < -0.3 is 20.1 Å². The summed E-state index contributed by atoms with van der Waals surface area (Å²) in [5, 5.41) is 6.13. The van der Waals surface area contributed by atoms with Gasteiger partial charge in [0, 0.05) is 12.6 Å². The molecule has 0 bridgehead atoms. The highest BCUT2D eigenvalue weighted by Gasteiger charge is 2.31. The van der Waals surface area contributed by atoms with Gasteiger partial charge in [0.05, 0.1) is 24.6 Å². The number of hydrogen-bond donors (Lipinski definition) is 2. The van der Waals surface area contributed by atoms with Crippen molar-refractivity contribution in [3.05, 3.63) is 52.7 Å². The van der Waals surface area contributed by atoms with Crippen molar-refractivity contribution in [2.75, 3.05) is 18.5 Å². The van der Waals surface area contributed by atoms with E-state index >= 15 is 0 Å². The lowest BCUT2D eigenvalue weighted by atomic mass is 9.90. The van der Waals surface area contributed by atoms with Crippen LogP contribution in [0.25, 0.3) is 0 Å². The molecule has 130 valence electrons. The number of ether oxygens (including phenoxy) is 2. The van der Waals surface area contributed by atoms with Crippen LogP contribution < -0.4 is 10.6 Å². The predicted octanol–water partition coefficient (Wildman–Crippen LogP) is 3.87. The normalized spacial score (nSPS) is 15.2. The number of rotatable bonds is 6. The zero-order chi connectivity index (χ0) is 17.7. The highest BCUT2D eigenvalue weighted by atomic mass is 16.5. The molecule has 1 aliphatic rings. The van der Waals surface area contributed by atoms with Crippen LogP contribution in [0, 0.1) is 0 Å². The summed E-state index contributed by atoms with van der Waals surface area (Å²) in [5.41, 5.74) is 3.83. The van der Waals surface area contributed by atoms with Crippen LogP contribution in [0.15, 0.2) is 47.2 Å². The molecule has 1 heterocycles. The van der Waals surface area contributed by atoms with Crippen LogP contribution in [-0.2, 0) is 14.3 Å². The van der Waals surface area contributed by atoms with E-state index in [0.717, 1.165) is 34.2 Å². The van der Waals surface area contributed by atoms with E-state index in [1.807, 2.05) is 52.0 Å². The molecule has 0 saturated heterocycles. The van der Waals surface area contributed by atoms with Crippen LogP contribution in [0.4, 0.5) is 5.69 Å². The van der Waals surface area contributed by atoms with Gasteiger partial charge in [-0.05, 0) is 45.4 Å². The molecule has 5 heteroatoms. The molecular weight excluding hydrogens is 304 g/mol. The summed E-state index contributed by atoms with van der Waals surface area (Å²) in [6.07, 6.45) is 0. The lowest BCUT2D eigenvalue weighted by Gasteiger charge is -2.31. The van der Waals surface area contributed by atoms with E-state index in [9.17, 15) is 4.79 Å². The standard InChI is InChI=1S/C19H26N2O3/c1-6-23-18-12(3)20-13(4)19(24-7-2)17(18)15-8-10-16(11-9-15)21-14(5)22/h8-11,17,20H,6-7H2,1-5H3,(H,21,22). The fourth-order valence-electron chi connectivity index (χ4n) is 2.92. The highest BCUT2D eigenvalue weighted by molar-refractivity contribution is 5.88. The van der Waals surface area contributed by atoms with E-state index in [1.54, 1.807) is 0 Å². The van der Waals surface area contributed by atoms with Gasteiger partial charge in [0.15, 0.2) is 0 Å². The average Bonchev–Trinajstić information content (AvgIpc) is 2.53. The first kappa shape index (κ1) is 17.9. The van der Waals surface area contributed by atoms with Crippen molar-refractivity contribution < 1.29 is 14.3 Å². The van der Waals surface area contributed by atoms with Gasteiger partial charge in [-0.2, -0.15) is 0 Å². The fourth-order valence-corrected chi connectivity index (χ4v) is 2.92. The first-order valence-electron chi connectivity index (χ1n) is 8.29. The van der Waals surface area contributed by atoms with Crippen LogP contribution in [0.3, 0.4) is 0 Å². The molecule has 1 aromatic rings. The molecule has 1 aliphatic heterocycles. The van der Waals surface area contributed by atoms with Gasteiger partial charge >= 0.3 is 0 Å². The number of nitrogens with one attached hydrogen (secondary N) is 2. The monoisotopic (exact) mass is 330 g/mol. The van der Waals surface area contributed by atoms with Crippen LogP contribution in [0.5, 0.6) is 0 Å². The number of allylic oxidation sites excluding steroid dienone is 2. The van der Waals surface area contributed by atoms with Gasteiger partial charge in [0.1, 0.15) is 17.4 Å². The maximum absolute atomic E-state index is 11.2. The van der Waals surface area contributed by atoms with Gasteiger partial charge in [0.25, 0.3) is 0 Å². The number of benzene rings is 1. The van der Waals surface area contributed by atoms with E-state index < -0.39 is 0 Å². The molecule has 0 atom stereocenters. The molecule has 0 fully saturated rings. The summed E-state index contributed by atoms with van der Waals surface area (Å²) in [6.45, 7) is 10.6. The summed E-state index contributed by atoms with van der Waals surface area (Å²) in [6, 6.07) is 7.80. The molecule has 0 unspecified atom stereocenters. The Morgan fingerprint density at radius 2 is 1.54 bits per heavy atom. The Balaban J connectivity index is 2.43. The maximum Gasteiger partial charge on any atom is 0.221 e. The molecule has 0 aliphatic carbocycles. The van der Waals surface area contributed by atoms with Crippen molar-refractivity contribution in [3.8, 4) is 0 Å². The molecule has 5 nitrogen and oxygen atoms in total. The zero-order valence-electron chi connectivity index (χ0n) is 15.0. The third-order valence-corrected chi connectivity index (χ3v) is 3.80. The van der Waals surface area contributed by atoms with Crippen molar-refractivity contribution in [2.24, 2.45) is 0 Å². The predicted molar refractivity (Wildman–Crippen MR) is 95.3 cm³/mol. The summed E-state index contributed by atoms with van der Waals surface area (Å²) < 4.78 is 11.8. The molecule has 1 aromatic carbocycles. The molecule has 2 rings (SSSR count). The molecule has 0 radical (unpaired) electrons. The molecule has 24 heavy (non-hydrogen) atoms. The van der Waals surface area contributed by atoms with E-state index in [4.69, 9.17) is 9.47 Å². The minimum atomic E-state index is -0.0856. The zero-order valence-corrected chi connectivity index (χ0v) is 15.0. The summed E-state index contributed by atoms with van der Waals surface area (Å²) >= 11 is 0. The second kappa shape index (κ2) is 7.90. The van der Waals surface area contributed by atoms with Gasteiger partial charge in [-0.1, -0.05) is 12.1 Å². The second-order valence-corrected chi connectivity index (χ2v) is 5.71. The van der Waals surface area contributed by atoms with Crippen LogP contribution >= 0.6 is 0 Å². The number of hydrogen-bond acceptors (Lipinski definition) is 4. The summed E-state index contributed by atoms with van der Waals surface area (Å²) in [4.78, 5) is 11.2. The van der Waals surface area contributed by atoms with Gasteiger partial charge in [-0.15, -0.1) is 0 Å². The van der Waals surface area contributed by atoms with Crippen LogP contribution in [0.2, 0.25) is 0 Å². The van der Waals surface area contributed by atoms with Crippen LogP contribution in [0.1, 0.15) is 46.1 Å². The Hall–Kier alpha value is -2.43. The Morgan fingerprint density at radius 1 is 1.04 bits per heavy atom. The topological polar surface area (TPSA) is 59.6 Å². The lowest BCUT2D eigenvalue weighted by molar-refractivity contribution is -0.114. The number of anilines is 1. The molecular formula is C19H26N2O3. The Labute approximate surface area is 143 Å².